The summed E-state index contributed by atoms with van der Waals surface area (Å²) in [6, 6.07) is 2.25. The van der Waals surface area contributed by atoms with Crippen molar-refractivity contribution in [1.82, 2.24) is 15.1 Å². The van der Waals surface area contributed by atoms with Crippen LogP contribution in [-0.4, -0.2) is 36.2 Å². The zero-order valence-corrected chi connectivity index (χ0v) is 13.2. The largest absolute Gasteiger partial charge is 0.309 e. The van der Waals surface area contributed by atoms with Crippen molar-refractivity contribution in [2.24, 2.45) is 5.92 Å². The maximum atomic E-state index is 11.6. The van der Waals surface area contributed by atoms with Gasteiger partial charge in [-0.05, 0) is 44.7 Å². The van der Waals surface area contributed by atoms with E-state index in [0.29, 0.717) is 11.5 Å². The molecule has 20 heavy (non-hydrogen) atoms. The Morgan fingerprint density at radius 2 is 2.30 bits per heavy atom. The van der Waals surface area contributed by atoms with E-state index in [2.05, 4.69) is 24.3 Å². The molecule has 0 aliphatic carbocycles. The van der Waals surface area contributed by atoms with Gasteiger partial charge in [-0.15, -0.1) is 0 Å². The van der Waals surface area contributed by atoms with Gasteiger partial charge in [0.15, 0.2) is 9.84 Å². The third-order valence-electron chi connectivity index (χ3n) is 3.94. The van der Waals surface area contributed by atoms with Crippen LogP contribution in [0.1, 0.15) is 44.8 Å². The van der Waals surface area contributed by atoms with Crippen LogP contribution in [0.15, 0.2) is 12.3 Å². The lowest BCUT2D eigenvalue weighted by Crippen LogP contribution is -2.27. The minimum atomic E-state index is -2.80. The summed E-state index contributed by atoms with van der Waals surface area (Å²) in [4.78, 5) is 0. The summed E-state index contributed by atoms with van der Waals surface area (Å²) in [5, 5.41) is 7.87. The number of sulfone groups is 1. The SMILES string of the molecule is CCCNC(CC1CCS(=O)(=O)C1)c1ccnn1CC. The molecule has 114 valence electrons. The van der Waals surface area contributed by atoms with Gasteiger partial charge in [-0.2, -0.15) is 5.10 Å². The molecule has 1 N–H and O–H groups in total. The van der Waals surface area contributed by atoms with Gasteiger partial charge in [0.05, 0.1) is 17.2 Å². The van der Waals surface area contributed by atoms with E-state index >= 15 is 0 Å². The van der Waals surface area contributed by atoms with Gasteiger partial charge < -0.3 is 5.32 Å². The van der Waals surface area contributed by atoms with Crippen LogP contribution >= 0.6 is 0 Å². The predicted molar refractivity (Wildman–Crippen MR) is 80.3 cm³/mol. The normalized spacial score (nSPS) is 23.0. The molecule has 6 heteroatoms. The van der Waals surface area contributed by atoms with Crippen LogP contribution in [0.5, 0.6) is 0 Å². The molecule has 0 saturated carbocycles. The molecule has 0 radical (unpaired) electrons. The highest BCUT2D eigenvalue weighted by Crippen LogP contribution is 2.29. The van der Waals surface area contributed by atoms with Crippen molar-refractivity contribution in [2.45, 2.75) is 45.7 Å². The van der Waals surface area contributed by atoms with Gasteiger partial charge in [-0.25, -0.2) is 8.42 Å². The van der Waals surface area contributed by atoms with E-state index in [4.69, 9.17) is 0 Å². The zero-order valence-electron chi connectivity index (χ0n) is 12.4. The van der Waals surface area contributed by atoms with Gasteiger partial charge in [0.2, 0.25) is 0 Å². The van der Waals surface area contributed by atoms with Crippen LogP contribution in [0, 0.1) is 5.92 Å². The third-order valence-corrected chi connectivity index (χ3v) is 5.78. The van der Waals surface area contributed by atoms with Crippen LogP contribution in [0.2, 0.25) is 0 Å². The lowest BCUT2D eigenvalue weighted by Gasteiger charge is -2.22. The molecular weight excluding hydrogens is 274 g/mol. The number of rotatable bonds is 7. The Hall–Kier alpha value is -0.880. The van der Waals surface area contributed by atoms with Crippen LogP contribution in [0.3, 0.4) is 0 Å². The molecule has 0 bridgehead atoms. The highest BCUT2D eigenvalue weighted by atomic mass is 32.2. The molecule has 5 nitrogen and oxygen atoms in total. The van der Waals surface area contributed by atoms with E-state index in [1.807, 2.05) is 16.9 Å². The first-order chi connectivity index (χ1) is 9.55. The molecule has 0 amide bonds. The van der Waals surface area contributed by atoms with Crippen LogP contribution < -0.4 is 5.32 Å². The fraction of sp³-hybridized carbons (Fsp3) is 0.786. The van der Waals surface area contributed by atoms with E-state index in [1.165, 1.54) is 5.69 Å². The minimum Gasteiger partial charge on any atom is -0.309 e. The minimum absolute atomic E-state index is 0.204. The number of hydrogen-bond donors (Lipinski definition) is 1. The van der Waals surface area contributed by atoms with Crippen molar-refractivity contribution in [1.29, 1.82) is 0 Å². The molecule has 1 fully saturated rings. The molecule has 1 aromatic rings. The number of nitrogens with one attached hydrogen (secondary N) is 1. The maximum absolute atomic E-state index is 11.6. The quantitative estimate of drug-likeness (QED) is 0.833. The van der Waals surface area contributed by atoms with Crippen LogP contribution in [-0.2, 0) is 16.4 Å². The second kappa shape index (κ2) is 6.72. The standard InChI is InChI=1S/C14H25N3O2S/c1-3-7-15-13(14-5-8-16-17(14)4-2)10-12-6-9-20(18,19)11-12/h5,8,12-13,15H,3-4,6-7,9-11H2,1-2H3. The summed E-state index contributed by atoms with van der Waals surface area (Å²) < 4.78 is 25.2. The van der Waals surface area contributed by atoms with Gasteiger partial charge in [0.1, 0.15) is 0 Å². The number of hydrogen-bond acceptors (Lipinski definition) is 4. The first-order valence-electron chi connectivity index (χ1n) is 7.51. The van der Waals surface area contributed by atoms with Gasteiger partial charge >= 0.3 is 0 Å². The second-order valence-corrected chi connectivity index (χ2v) is 7.81. The molecule has 2 unspecified atom stereocenters. The summed E-state index contributed by atoms with van der Waals surface area (Å²) in [5.74, 6) is 0.970. The average molecular weight is 299 g/mol. The van der Waals surface area contributed by atoms with Crippen molar-refractivity contribution in [3.05, 3.63) is 18.0 Å². The maximum Gasteiger partial charge on any atom is 0.150 e. The second-order valence-electron chi connectivity index (χ2n) is 5.58. The van der Waals surface area contributed by atoms with Gasteiger partial charge in [-0.3, -0.25) is 4.68 Å². The Kier molecular flexibility index (Phi) is 5.21. The topological polar surface area (TPSA) is 64.0 Å². The Bertz CT molecular complexity index is 524. The van der Waals surface area contributed by atoms with E-state index < -0.39 is 9.84 Å². The molecule has 0 aromatic carbocycles. The van der Waals surface area contributed by atoms with E-state index in [-0.39, 0.29) is 12.0 Å². The van der Waals surface area contributed by atoms with Crippen molar-refractivity contribution in [3.63, 3.8) is 0 Å². The Labute approximate surface area is 121 Å². The van der Waals surface area contributed by atoms with Gasteiger partial charge in [0, 0.05) is 18.8 Å². The van der Waals surface area contributed by atoms with Crippen molar-refractivity contribution in [2.75, 3.05) is 18.1 Å². The highest BCUT2D eigenvalue weighted by Gasteiger charge is 2.30. The summed E-state index contributed by atoms with van der Waals surface area (Å²) in [6.07, 6.45) is 4.57. The van der Waals surface area contributed by atoms with E-state index in [9.17, 15) is 8.42 Å². The predicted octanol–water partition coefficient (Wildman–Crippen LogP) is 1.77. The van der Waals surface area contributed by atoms with E-state index in [1.54, 1.807) is 0 Å². The smallest absolute Gasteiger partial charge is 0.150 e. The molecule has 1 aliphatic rings. The lowest BCUT2D eigenvalue weighted by atomic mass is 9.97. The fourth-order valence-electron chi connectivity index (χ4n) is 2.92. The molecule has 1 saturated heterocycles. The Morgan fingerprint density at radius 3 is 2.90 bits per heavy atom. The summed E-state index contributed by atoms with van der Waals surface area (Å²) in [5.41, 5.74) is 1.17. The lowest BCUT2D eigenvalue weighted by molar-refractivity contribution is 0.392. The number of aryl methyl sites for hydroxylation is 1. The summed E-state index contributed by atoms with van der Waals surface area (Å²) >= 11 is 0. The zero-order chi connectivity index (χ0) is 14.6. The molecule has 1 aromatic heterocycles. The molecule has 2 heterocycles. The molecule has 2 rings (SSSR count). The van der Waals surface area contributed by atoms with Crippen LogP contribution in [0.25, 0.3) is 0 Å². The molecule has 0 spiro atoms. The van der Waals surface area contributed by atoms with Crippen molar-refractivity contribution >= 4 is 9.84 Å². The molecule has 1 aliphatic heterocycles. The highest BCUT2D eigenvalue weighted by molar-refractivity contribution is 7.91. The van der Waals surface area contributed by atoms with Crippen molar-refractivity contribution in [3.8, 4) is 0 Å². The van der Waals surface area contributed by atoms with Crippen LogP contribution in [0.4, 0.5) is 0 Å². The first-order valence-corrected chi connectivity index (χ1v) is 9.33. The third kappa shape index (κ3) is 3.82. The van der Waals surface area contributed by atoms with Gasteiger partial charge in [-0.1, -0.05) is 6.92 Å². The van der Waals surface area contributed by atoms with Gasteiger partial charge in [0.25, 0.3) is 0 Å². The number of nitrogens with zero attached hydrogens (tertiary/aromatic N) is 2. The summed E-state index contributed by atoms with van der Waals surface area (Å²) in [7, 11) is -2.80. The molecular formula is C14H25N3O2S. The van der Waals surface area contributed by atoms with E-state index in [0.717, 1.165) is 32.4 Å². The first kappa shape index (κ1) is 15.5. The monoisotopic (exact) mass is 299 g/mol. The Balaban J connectivity index is 2.08. The Morgan fingerprint density at radius 1 is 1.50 bits per heavy atom. The fourth-order valence-corrected chi connectivity index (χ4v) is 4.80. The summed E-state index contributed by atoms with van der Waals surface area (Å²) in [6.45, 7) is 6.00. The molecule has 2 atom stereocenters. The van der Waals surface area contributed by atoms with Crippen molar-refractivity contribution < 1.29 is 8.42 Å². The number of aromatic nitrogens is 2. The average Bonchev–Trinajstić information content (AvgIpc) is 3.00.